The van der Waals surface area contributed by atoms with Crippen molar-refractivity contribution in [2.24, 2.45) is 5.73 Å². The summed E-state index contributed by atoms with van der Waals surface area (Å²) in [6.45, 7) is 4.65. The Bertz CT molecular complexity index is 650. The van der Waals surface area contributed by atoms with Crippen LogP contribution in [0.25, 0.3) is 10.8 Å². The predicted octanol–water partition coefficient (Wildman–Crippen LogP) is 2.59. The summed E-state index contributed by atoms with van der Waals surface area (Å²) in [6, 6.07) is 12.3. The highest BCUT2D eigenvalue weighted by atomic mass is 16.5. The van der Waals surface area contributed by atoms with Crippen LogP contribution in [0.3, 0.4) is 0 Å². The van der Waals surface area contributed by atoms with Crippen LogP contribution in [0.1, 0.15) is 25.8 Å². The van der Waals surface area contributed by atoms with E-state index < -0.39 is 0 Å². The summed E-state index contributed by atoms with van der Waals surface area (Å²) in [6.07, 6.45) is 0.317. The quantitative estimate of drug-likeness (QED) is 0.858. The fourth-order valence-electron chi connectivity index (χ4n) is 2.35. The SMILES string of the molecule is COc1ccc2cc(CNC(C)(C)CC(N)=O)ccc2c1. The minimum Gasteiger partial charge on any atom is -0.497 e. The topological polar surface area (TPSA) is 64.3 Å². The average molecular weight is 286 g/mol. The summed E-state index contributed by atoms with van der Waals surface area (Å²) in [5.41, 5.74) is 6.13. The lowest BCUT2D eigenvalue weighted by molar-refractivity contribution is -0.119. The molecule has 0 saturated carbocycles. The zero-order valence-corrected chi connectivity index (χ0v) is 12.8. The molecule has 2 aromatic rings. The van der Waals surface area contributed by atoms with Gasteiger partial charge in [0.1, 0.15) is 5.75 Å². The van der Waals surface area contributed by atoms with Gasteiger partial charge in [0, 0.05) is 18.5 Å². The number of fused-ring (bicyclic) bond motifs is 1. The number of ether oxygens (including phenoxy) is 1. The van der Waals surface area contributed by atoms with Gasteiger partial charge in [-0.15, -0.1) is 0 Å². The molecule has 0 aliphatic carbocycles. The number of hydrogen-bond donors (Lipinski definition) is 2. The van der Waals surface area contributed by atoms with Crippen LogP contribution in [-0.2, 0) is 11.3 Å². The van der Waals surface area contributed by atoms with Gasteiger partial charge in [0.15, 0.2) is 0 Å². The van der Waals surface area contributed by atoms with E-state index >= 15 is 0 Å². The van der Waals surface area contributed by atoms with E-state index in [0.29, 0.717) is 13.0 Å². The summed E-state index contributed by atoms with van der Waals surface area (Å²) in [7, 11) is 1.67. The van der Waals surface area contributed by atoms with Gasteiger partial charge in [-0.1, -0.05) is 18.2 Å². The van der Waals surface area contributed by atoms with Gasteiger partial charge >= 0.3 is 0 Å². The molecular formula is C17H22N2O2. The van der Waals surface area contributed by atoms with Crippen molar-refractivity contribution in [2.75, 3.05) is 7.11 Å². The average Bonchev–Trinajstić information content (AvgIpc) is 2.43. The highest BCUT2D eigenvalue weighted by molar-refractivity contribution is 5.84. The maximum atomic E-state index is 11.0. The number of methoxy groups -OCH3 is 1. The molecule has 1 amide bonds. The molecule has 2 rings (SSSR count). The van der Waals surface area contributed by atoms with Crippen molar-refractivity contribution in [3.8, 4) is 5.75 Å². The molecule has 3 N–H and O–H groups in total. The molecule has 2 aromatic carbocycles. The highest BCUT2D eigenvalue weighted by Crippen LogP contribution is 2.22. The number of benzene rings is 2. The Labute approximate surface area is 125 Å². The van der Waals surface area contributed by atoms with Crippen LogP contribution in [0.5, 0.6) is 5.75 Å². The van der Waals surface area contributed by atoms with E-state index in [1.807, 2.05) is 32.0 Å². The molecular weight excluding hydrogens is 264 g/mol. The number of primary amides is 1. The zero-order chi connectivity index (χ0) is 15.5. The van der Waals surface area contributed by atoms with E-state index in [1.54, 1.807) is 7.11 Å². The first kappa shape index (κ1) is 15.3. The van der Waals surface area contributed by atoms with Crippen LogP contribution in [0.2, 0.25) is 0 Å². The minimum absolute atomic E-state index is 0.293. The number of carbonyl (C=O) groups excluding carboxylic acids is 1. The van der Waals surface area contributed by atoms with Crippen molar-refractivity contribution in [3.63, 3.8) is 0 Å². The summed E-state index contributed by atoms with van der Waals surface area (Å²) < 4.78 is 5.23. The van der Waals surface area contributed by atoms with Gasteiger partial charge in [0.2, 0.25) is 5.91 Å². The molecule has 0 aliphatic rings. The van der Waals surface area contributed by atoms with Crippen LogP contribution < -0.4 is 15.8 Å². The minimum atomic E-state index is -0.305. The second kappa shape index (κ2) is 6.14. The van der Waals surface area contributed by atoms with Crippen molar-refractivity contribution in [3.05, 3.63) is 42.0 Å². The molecule has 0 bridgehead atoms. The smallest absolute Gasteiger partial charge is 0.219 e. The van der Waals surface area contributed by atoms with Gasteiger partial charge in [-0.3, -0.25) is 4.79 Å². The first-order chi connectivity index (χ1) is 9.89. The van der Waals surface area contributed by atoms with E-state index in [-0.39, 0.29) is 11.4 Å². The number of nitrogens with one attached hydrogen (secondary N) is 1. The lowest BCUT2D eigenvalue weighted by atomic mass is 9.99. The number of carbonyl (C=O) groups is 1. The summed E-state index contributed by atoms with van der Waals surface area (Å²) in [5.74, 6) is 0.564. The Morgan fingerprint density at radius 1 is 1.19 bits per heavy atom. The van der Waals surface area contributed by atoms with Gasteiger partial charge in [0.05, 0.1) is 7.11 Å². The third kappa shape index (κ3) is 4.20. The molecule has 4 heteroatoms. The van der Waals surface area contributed by atoms with Crippen molar-refractivity contribution in [2.45, 2.75) is 32.4 Å². The van der Waals surface area contributed by atoms with E-state index in [0.717, 1.165) is 11.1 Å². The Morgan fingerprint density at radius 2 is 1.86 bits per heavy atom. The standard InChI is InChI=1S/C17H22N2O2/c1-17(2,10-16(18)20)19-11-12-4-5-14-9-15(21-3)7-6-13(14)8-12/h4-9,19H,10-11H2,1-3H3,(H2,18,20). The summed E-state index contributed by atoms with van der Waals surface area (Å²) in [4.78, 5) is 11.0. The van der Waals surface area contributed by atoms with Crippen molar-refractivity contribution in [1.29, 1.82) is 0 Å². The summed E-state index contributed by atoms with van der Waals surface area (Å²) >= 11 is 0. The number of nitrogens with two attached hydrogens (primary N) is 1. The normalized spacial score (nSPS) is 11.6. The first-order valence-corrected chi connectivity index (χ1v) is 7.00. The molecule has 0 spiro atoms. The molecule has 112 valence electrons. The van der Waals surface area contributed by atoms with Crippen molar-refractivity contribution >= 4 is 16.7 Å². The Hall–Kier alpha value is -2.07. The van der Waals surface area contributed by atoms with Gasteiger partial charge in [-0.2, -0.15) is 0 Å². The van der Waals surface area contributed by atoms with Crippen molar-refractivity contribution < 1.29 is 9.53 Å². The van der Waals surface area contributed by atoms with E-state index in [2.05, 4.69) is 23.5 Å². The molecule has 4 nitrogen and oxygen atoms in total. The molecule has 0 atom stereocenters. The molecule has 0 unspecified atom stereocenters. The molecule has 21 heavy (non-hydrogen) atoms. The Balaban J connectivity index is 2.11. The monoisotopic (exact) mass is 286 g/mol. The third-order valence-electron chi connectivity index (χ3n) is 3.50. The van der Waals surface area contributed by atoms with Crippen LogP contribution in [-0.4, -0.2) is 18.6 Å². The molecule has 0 radical (unpaired) electrons. The molecule has 0 heterocycles. The number of hydrogen-bond acceptors (Lipinski definition) is 3. The molecule has 0 fully saturated rings. The van der Waals surface area contributed by atoms with Gasteiger partial charge in [0.25, 0.3) is 0 Å². The second-order valence-electron chi connectivity index (χ2n) is 5.93. The van der Waals surface area contributed by atoms with Crippen molar-refractivity contribution in [1.82, 2.24) is 5.32 Å². The van der Waals surface area contributed by atoms with Crippen LogP contribution in [0, 0.1) is 0 Å². The first-order valence-electron chi connectivity index (χ1n) is 7.00. The predicted molar refractivity (Wildman–Crippen MR) is 85.2 cm³/mol. The van der Waals surface area contributed by atoms with Crippen LogP contribution in [0.4, 0.5) is 0 Å². The maximum absolute atomic E-state index is 11.0. The van der Waals surface area contributed by atoms with Gasteiger partial charge < -0.3 is 15.8 Å². The highest BCUT2D eigenvalue weighted by Gasteiger charge is 2.19. The number of amides is 1. The van der Waals surface area contributed by atoms with E-state index in [1.165, 1.54) is 10.9 Å². The van der Waals surface area contributed by atoms with Gasteiger partial charge in [-0.05, 0) is 48.4 Å². The maximum Gasteiger partial charge on any atom is 0.219 e. The fourth-order valence-corrected chi connectivity index (χ4v) is 2.35. The fraction of sp³-hybridized carbons (Fsp3) is 0.353. The lowest BCUT2D eigenvalue weighted by Crippen LogP contribution is -2.42. The molecule has 0 aliphatic heterocycles. The van der Waals surface area contributed by atoms with E-state index in [4.69, 9.17) is 10.5 Å². The largest absolute Gasteiger partial charge is 0.497 e. The van der Waals surface area contributed by atoms with Crippen LogP contribution >= 0.6 is 0 Å². The lowest BCUT2D eigenvalue weighted by Gasteiger charge is -2.25. The number of rotatable bonds is 6. The third-order valence-corrected chi connectivity index (χ3v) is 3.50. The molecule has 0 aromatic heterocycles. The van der Waals surface area contributed by atoms with Crippen LogP contribution in [0.15, 0.2) is 36.4 Å². The Morgan fingerprint density at radius 3 is 2.52 bits per heavy atom. The van der Waals surface area contributed by atoms with E-state index in [9.17, 15) is 4.79 Å². The summed E-state index contributed by atoms with van der Waals surface area (Å²) in [5, 5.41) is 5.69. The zero-order valence-electron chi connectivity index (χ0n) is 12.8. The second-order valence-corrected chi connectivity index (χ2v) is 5.93. The Kier molecular flexibility index (Phi) is 4.48. The molecule has 0 saturated heterocycles. The van der Waals surface area contributed by atoms with Gasteiger partial charge in [-0.25, -0.2) is 0 Å².